The van der Waals surface area contributed by atoms with Crippen molar-refractivity contribution < 1.29 is 13.9 Å². The zero-order valence-corrected chi connectivity index (χ0v) is 28.4. The van der Waals surface area contributed by atoms with Crippen LogP contribution in [-0.2, 0) is 5.41 Å². The van der Waals surface area contributed by atoms with Crippen molar-refractivity contribution in [1.29, 1.82) is 0 Å². The Balaban J connectivity index is 1.03. The Bertz CT molecular complexity index is 2930. The van der Waals surface area contributed by atoms with Crippen molar-refractivity contribution in [3.05, 3.63) is 198 Å². The quantitative estimate of drug-likeness (QED) is 0.186. The molecule has 0 unspecified atom stereocenters. The van der Waals surface area contributed by atoms with E-state index in [1.54, 1.807) is 0 Å². The maximum absolute atomic E-state index is 7.06. The minimum absolute atomic E-state index is 0.459. The van der Waals surface area contributed by atoms with Gasteiger partial charge in [-0.05, 0) is 87.5 Å². The first-order chi connectivity index (χ1) is 26.3. The lowest BCUT2D eigenvalue weighted by molar-refractivity contribution is 0.360. The van der Waals surface area contributed by atoms with Crippen LogP contribution >= 0.6 is 0 Å². The predicted octanol–water partition coefficient (Wildman–Crippen LogP) is 13.3. The fourth-order valence-corrected chi connectivity index (χ4v) is 9.22. The summed E-state index contributed by atoms with van der Waals surface area (Å²) in [4.78, 5) is 2.23. The maximum Gasteiger partial charge on any atom is 0.178 e. The smallest absolute Gasteiger partial charge is 0.178 e. The minimum atomic E-state index is -0.459. The molecule has 0 saturated heterocycles. The van der Waals surface area contributed by atoms with E-state index >= 15 is 0 Å². The molecule has 0 radical (unpaired) electrons. The molecule has 12 rings (SSSR count). The van der Waals surface area contributed by atoms with E-state index in [1.807, 2.05) is 30.3 Å². The molecule has 2 heterocycles. The van der Waals surface area contributed by atoms with Crippen molar-refractivity contribution in [3.63, 3.8) is 0 Å². The molecule has 1 spiro atoms. The van der Waals surface area contributed by atoms with Crippen LogP contribution in [0.1, 0.15) is 22.3 Å². The number of hydrogen-bond acceptors (Lipinski definition) is 4. The highest BCUT2D eigenvalue weighted by Gasteiger charge is 2.53. The minimum Gasteiger partial charge on any atom is -0.456 e. The third-order valence-corrected chi connectivity index (χ3v) is 11.3. The van der Waals surface area contributed by atoms with E-state index < -0.39 is 5.41 Å². The van der Waals surface area contributed by atoms with Crippen LogP contribution < -0.4 is 14.4 Å². The molecule has 0 atom stereocenters. The number of nitrogens with zero attached hydrogens (tertiary/aromatic N) is 1. The highest BCUT2D eigenvalue weighted by Crippen LogP contribution is 2.66. The van der Waals surface area contributed by atoms with Crippen LogP contribution in [0.5, 0.6) is 23.0 Å². The molecule has 53 heavy (non-hydrogen) atoms. The second kappa shape index (κ2) is 10.5. The van der Waals surface area contributed by atoms with Crippen LogP contribution in [0.15, 0.2) is 180 Å². The van der Waals surface area contributed by atoms with E-state index in [9.17, 15) is 0 Å². The molecule has 0 bridgehead atoms. The lowest BCUT2D eigenvalue weighted by Gasteiger charge is -2.31. The van der Waals surface area contributed by atoms with Crippen molar-refractivity contribution in [2.45, 2.75) is 5.41 Å². The van der Waals surface area contributed by atoms with Crippen molar-refractivity contribution in [2.24, 2.45) is 0 Å². The van der Waals surface area contributed by atoms with Crippen LogP contribution in [0.2, 0.25) is 0 Å². The van der Waals surface area contributed by atoms with Crippen molar-refractivity contribution in [3.8, 4) is 45.3 Å². The number of hydrogen-bond donors (Lipinski definition) is 0. The second-order valence-electron chi connectivity index (χ2n) is 14.0. The molecular weight excluding hydrogens is 651 g/mol. The van der Waals surface area contributed by atoms with Crippen molar-refractivity contribution >= 4 is 39.0 Å². The maximum atomic E-state index is 7.06. The van der Waals surface area contributed by atoms with Gasteiger partial charge in [0.2, 0.25) is 0 Å². The van der Waals surface area contributed by atoms with Crippen LogP contribution in [0.3, 0.4) is 0 Å². The summed E-state index contributed by atoms with van der Waals surface area (Å²) in [5.41, 5.74) is 14.1. The van der Waals surface area contributed by atoms with E-state index in [1.165, 1.54) is 38.9 Å². The Labute approximate surface area is 305 Å². The molecule has 1 aliphatic heterocycles. The molecule has 8 aromatic carbocycles. The predicted molar refractivity (Wildman–Crippen MR) is 211 cm³/mol. The number of furan rings is 1. The molecule has 3 aliphatic rings. The standard InChI is InChI=1S/C49H29NO3/c1-2-12-30(13-3-1)50(31-22-24-36-35-16-7-11-21-42(35)51-45(36)28-31)32-23-26-43-46(29-32)53-48-44(52-43)27-25-41-47(48)37-17-6-10-20-40(37)49(41)38-18-8-4-14-33(38)34-15-5-9-19-39(34)49/h1-29H. The summed E-state index contributed by atoms with van der Waals surface area (Å²) < 4.78 is 20.1. The highest BCUT2D eigenvalue weighted by molar-refractivity contribution is 6.06. The monoisotopic (exact) mass is 679 g/mol. The summed E-state index contributed by atoms with van der Waals surface area (Å²) in [6, 6.07) is 62.0. The normalized spacial score (nSPS) is 13.7. The fraction of sp³-hybridized carbons (Fsp3) is 0.0204. The number of fused-ring (bicyclic) bond motifs is 16. The van der Waals surface area contributed by atoms with Gasteiger partial charge in [-0.15, -0.1) is 0 Å². The lowest BCUT2D eigenvalue weighted by atomic mass is 9.70. The number of benzene rings is 8. The molecule has 0 fully saturated rings. The molecule has 4 nitrogen and oxygen atoms in total. The molecule has 0 saturated carbocycles. The van der Waals surface area contributed by atoms with Gasteiger partial charge in [-0.1, -0.05) is 115 Å². The third kappa shape index (κ3) is 3.79. The van der Waals surface area contributed by atoms with E-state index in [0.29, 0.717) is 17.2 Å². The van der Waals surface area contributed by atoms with Crippen molar-refractivity contribution in [2.75, 3.05) is 4.90 Å². The van der Waals surface area contributed by atoms with E-state index in [4.69, 9.17) is 13.9 Å². The Morgan fingerprint density at radius 2 is 0.981 bits per heavy atom. The van der Waals surface area contributed by atoms with Crippen LogP contribution in [0.4, 0.5) is 17.1 Å². The van der Waals surface area contributed by atoms with Gasteiger partial charge >= 0.3 is 0 Å². The van der Waals surface area contributed by atoms with E-state index in [2.05, 4.69) is 150 Å². The molecule has 248 valence electrons. The van der Waals surface area contributed by atoms with Crippen LogP contribution in [0.25, 0.3) is 44.2 Å². The molecule has 9 aromatic rings. The Morgan fingerprint density at radius 3 is 1.77 bits per heavy atom. The van der Waals surface area contributed by atoms with Gasteiger partial charge in [-0.25, -0.2) is 0 Å². The summed E-state index contributed by atoms with van der Waals surface area (Å²) in [6.45, 7) is 0. The summed E-state index contributed by atoms with van der Waals surface area (Å²) in [7, 11) is 0. The summed E-state index contributed by atoms with van der Waals surface area (Å²) in [5.74, 6) is 2.80. The number of para-hydroxylation sites is 2. The first kappa shape index (κ1) is 28.6. The Morgan fingerprint density at radius 1 is 0.377 bits per heavy atom. The van der Waals surface area contributed by atoms with Gasteiger partial charge in [0.1, 0.15) is 11.2 Å². The SMILES string of the molecule is c1ccc(N(c2ccc3c(c2)Oc2c(ccc4c2-c2ccccc2C42c4ccccc4-c4ccccc42)O3)c2ccc3c(c2)oc2ccccc23)cc1. The van der Waals surface area contributed by atoms with Gasteiger partial charge in [-0.2, -0.15) is 0 Å². The summed E-state index contributed by atoms with van der Waals surface area (Å²) in [5, 5.41) is 2.20. The number of rotatable bonds is 3. The highest BCUT2D eigenvalue weighted by atomic mass is 16.6. The van der Waals surface area contributed by atoms with E-state index in [-0.39, 0.29) is 0 Å². The molecule has 2 aliphatic carbocycles. The first-order valence-electron chi connectivity index (χ1n) is 18.0. The number of anilines is 3. The topological polar surface area (TPSA) is 34.8 Å². The summed E-state index contributed by atoms with van der Waals surface area (Å²) in [6.07, 6.45) is 0. The van der Waals surface area contributed by atoms with Gasteiger partial charge in [-0.3, -0.25) is 0 Å². The van der Waals surface area contributed by atoms with E-state index in [0.717, 1.165) is 50.3 Å². The molecule has 0 amide bonds. The first-order valence-corrected chi connectivity index (χ1v) is 18.0. The molecule has 0 N–H and O–H groups in total. The largest absolute Gasteiger partial charge is 0.456 e. The van der Waals surface area contributed by atoms with Crippen LogP contribution in [-0.4, -0.2) is 0 Å². The zero-order valence-electron chi connectivity index (χ0n) is 28.4. The third-order valence-electron chi connectivity index (χ3n) is 11.3. The Hall–Kier alpha value is -7.04. The van der Waals surface area contributed by atoms with Gasteiger partial charge in [0, 0.05) is 39.8 Å². The summed E-state index contributed by atoms with van der Waals surface area (Å²) >= 11 is 0. The second-order valence-corrected chi connectivity index (χ2v) is 14.0. The average molecular weight is 680 g/mol. The van der Waals surface area contributed by atoms with Crippen LogP contribution in [0, 0.1) is 0 Å². The Kier molecular flexibility index (Phi) is 5.67. The zero-order chi connectivity index (χ0) is 34.7. The van der Waals surface area contributed by atoms with Crippen molar-refractivity contribution in [1.82, 2.24) is 0 Å². The molecular formula is C49H29NO3. The average Bonchev–Trinajstić information content (AvgIpc) is 3.84. The van der Waals surface area contributed by atoms with Gasteiger partial charge in [0.15, 0.2) is 23.0 Å². The lowest BCUT2D eigenvalue weighted by Crippen LogP contribution is -2.25. The number of ether oxygens (including phenoxy) is 2. The molecule has 4 heteroatoms. The van der Waals surface area contributed by atoms with Gasteiger partial charge < -0.3 is 18.8 Å². The van der Waals surface area contributed by atoms with Gasteiger partial charge in [0.25, 0.3) is 0 Å². The van der Waals surface area contributed by atoms with Gasteiger partial charge in [0.05, 0.1) is 11.1 Å². The fourth-order valence-electron chi connectivity index (χ4n) is 9.22. The molecule has 1 aromatic heterocycles.